The molecule has 0 aliphatic heterocycles. The third-order valence-electron chi connectivity index (χ3n) is 3.53. The highest BCUT2D eigenvalue weighted by Gasteiger charge is 2.42. The molecular formula is C13H25NO2. The highest BCUT2D eigenvalue weighted by molar-refractivity contribution is 5.76. The molecular weight excluding hydrogens is 202 g/mol. The Bertz CT molecular complexity index is 250. The summed E-state index contributed by atoms with van der Waals surface area (Å²) in [4.78, 5) is 13.6. The minimum atomic E-state index is 0.0331. The standard InChI is InChI=1S/C13H25NO2/c1-10(2)16-12-6-7-13(9-12,14(4)5)8-11(3)15/h10,12H,6-9H2,1-5H3. The highest BCUT2D eigenvalue weighted by Crippen LogP contribution is 2.38. The molecule has 0 N–H and O–H groups in total. The van der Waals surface area contributed by atoms with Gasteiger partial charge < -0.3 is 9.64 Å². The summed E-state index contributed by atoms with van der Waals surface area (Å²) in [5, 5.41) is 0. The van der Waals surface area contributed by atoms with E-state index >= 15 is 0 Å². The van der Waals surface area contributed by atoms with E-state index in [1.807, 2.05) is 0 Å². The van der Waals surface area contributed by atoms with Crippen molar-refractivity contribution < 1.29 is 9.53 Å². The molecule has 0 saturated heterocycles. The smallest absolute Gasteiger partial charge is 0.131 e. The fourth-order valence-corrected chi connectivity index (χ4v) is 2.75. The van der Waals surface area contributed by atoms with E-state index in [1.54, 1.807) is 6.92 Å². The summed E-state index contributed by atoms with van der Waals surface area (Å²) in [6.45, 7) is 5.82. The van der Waals surface area contributed by atoms with Gasteiger partial charge in [-0.1, -0.05) is 0 Å². The van der Waals surface area contributed by atoms with Crippen LogP contribution in [0.4, 0.5) is 0 Å². The lowest BCUT2D eigenvalue weighted by Gasteiger charge is -2.36. The number of hydrogen-bond donors (Lipinski definition) is 0. The van der Waals surface area contributed by atoms with Crippen LogP contribution in [-0.4, -0.2) is 42.5 Å². The second-order valence-electron chi connectivity index (χ2n) is 5.55. The Hall–Kier alpha value is -0.410. The van der Waals surface area contributed by atoms with E-state index in [0.717, 1.165) is 19.3 Å². The van der Waals surface area contributed by atoms with E-state index in [9.17, 15) is 4.79 Å². The summed E-state index contributed by atoms with van der Waals surface area (Å²) in [6.07, 6.45) is 4.37. The van der Waals surface area contributed by atoms with Gasteiger partial charge in [0.15, 0.2) is 0 Å². The van der Waals surface area contributed by atoms with Crippen LogP contribution < -0.4 is 0 Å². The van der Waals surface area contributed by atoms with E-state index in [4.69, 9.17) is 4.74 Å². The fourth-order valence-electron chi connectivity index (χ4n) is 2.75. The van der Waals surface area contributed by atoms with Crippen LogP contribution >= 0.6 is 0 Å². The minimum Gasteiger partial charge on any atom is -0.375 e. The van der Waals surface area contributed by atoms with Gasteiger partial charge in [-0.05, 0) is 54.1 Å². The van der Waals surface area contributed by atoms with Gasteiger partial charge in [-0.15, -0.1) is 0 Å². The number of nitrogens with zero attached hydrogens (tertiary/aromatic N) is 1. The van der Waals surface area contributed by atoms with Crippen LogP contribution in [0.25, 0.3) is 0 Å². The van der Waals surface area contributed by atoms with Gasteiger partial charge in [0.05, 0.1) is 12.2 Å². The molecule has 2 unspecified atom stereocenters. The van der Waals surface area contributed by atoms with Gasteiger partial charge >= 0.3 is 0 Å². The van der Waals surface area contributed by atoms with Crippen LogP contribution in [0, 0.1) is 0 Å². The quantitative estimate of drug-likeness (QED) is 0.721. The van der Waals surface area contributed by atoms with Crippen LogP contribution in [0.15, 0.2) is 0 Å². The predicted octanol–water partition coefficient (Wildman–Crippen LogP) is 2.24. The average Bonchev–Trinajstić information content (AvgIpc) is 2.47. The van der Waals surface area contributed by atoms with Gasteiger partial charge in [-0.3, -0.25) is 4.79 Å². The summed E-state index contributed by atoms with van der Waals surface area (Å²) in [7, 11) is 4.14. The van der Waals surface area contributed by atoms with Crippen molar-refractivity contribution in [3.63, 3.8) is 0 Å². The Labute approximate surface area is 99.1 Å². The molecule has 0 radical (unpaired) electrons. The van der Waals surface area contributed by atoms with Crippen molar-refractivity contribution in [3.05, 3.63) is 0 Å². The lowest BCUT2D eigenvalue weighted by atomic mass is 9.90. The highest BCUT2D eigenvalue weighted by atomic mass is 16.5. The zero-order valence-electron chi connectivity index (χ0n) is 11.2. The van der Waals surface area contributed by atoms with Crippen molar-refractivity contribution in [3.8, 4) is 0 Å². The topological polar surface area (TPSA) is 29.5 Å². The SMILES string of the molecule is CC(=O)CC1(N(C)C)CCC(OC(C)C)C1. The van der Waals surface area contributed by atoms with Gasteiger partial charge in [0.2, 0.25) is 0 Å². The zero-order valence-corrected chi connectivity index (χ0v) is 11.2. The molecule has 16 heavy (non-hydrogen) atoms. The van der Waals surface area contributed by atoms with Gasteiger partial charge in [0, 0.05) is 12.0 Å². The van der Waals surface area contributed by atoms with Crippen LogP contribution in [0.3, 0.4) is 0 Å². The number of Topliss-reactive ketones (excluding diaryl/α,β-unsaturated/α-hetero) is 1. The number of ketones is 1. The monoisotopic (exact) mass is 227 g/mol. The Morgan fingerprint density at radius 1 is 1.50 bits per heavy atom. The van der Waals surface area contributed by atoms with Crippen molar-refractivity contribution in [1.29, 1.82) is 0 Å². The van der Waals surface area contributed by atoms with Crippen molar-refractivity contribution in [2.24, 2.45) is 0 Å². The van der Waals surface area contributed by atoms with Crippen LogP contribution in [0.2, 0.25) is 0 Å². The van der Waals surface area contributed by atoms with Crippen LogP contribution in [0.5, 0.6) is 0 Å². The number of carbonyl (C=O) groups excluding carboxylic acids is 1. The fraction of sp³-hybridized carbons (Fsp3) is 0.923. The predicted molar refractivity (Wildman–Crippen MR) is 65.6 cm³/mol. The minimum absolute atomic E-state index is 0.0331. The molecule has 94 valence electrons. The Balaban J connectivity index is 2.65. The summed E-state index contributed by atoms with van der Waals surface area (Å²) in [5.41, 5.74) is 0.0331. The van der Waals surface area contributed by atoms with Crippen molar-refractivity contribution in [1.82, 2.24) is 4.90 Å². The first-order valence-corrected chi connectivity index (χ1v) is 6.18. The molecule has 0 aromatic heterocycles. The molecule has 1 aliphatic carbocycles. The summed E-state index contributed by atoms with van der Waals surface area (Å²) in [5.74, 6) is 0.277. The van der Waals surface area contributed by atoms with Crippen molar-refractivity contribution in [2.75, 3.05) is 14.1 Å². The third-order valence-corrected chi connectivity index (χ3v) is 3.53. The number of carbonyl (C=O) groups is 1. The van der Waals surface area contributed by atoms with Crippen molar-refractivity contribution >= 4 is 5.78 Å². The summed E-state index contributed by atoms with van der Waals surface area (Å²) < 4.78 is 5.86. The number of hydrogen-bond acceptors (Lipinski definition) is 3. The average molecular weight is 227 g/mol. The van der Waals surface area contributed by atoms with E-state index in [1.165, 1.54) is 0 Å². The Morgan fingerprint density at radius 3 is 2.56 bits per heavy atom. The van der Waals surface area contributed by atoms with Crippen molar-refractivity contribution in [2.45, 2.75) is 64.2 Å². The normalized spacial score (nSPS) is 30.3. The van der Waals surface area contributed by atoms with E-state index in [-0.39, 0.29) is 17.4 Å². The molecule has 3 heteroatoms. The second kappa shape index (κ2) is 5.28. The Kier molecular flexibility index (Phi) is 4.51. The molecule has 0 spiro atoms. The molecule has 0 aromatic carbocycles. The van der Waals surface area contributed by atoms with E-state index in [2.05, 4.69) is 32.8 Å². The molecule has 1 fully saturated rings. The first-order valence-electron chi connectivity index (χ1n) is 6.18. The number of ether oxygens (including phenoxy) is 1. The number of rotatable bonds is 5. The third kappa shape index (κ3) is 3.29. The molecule has 3 nitrogen and oxygen atoms in total. The summed E-state index contributed by atoms with van der Waals surface area (Å²) in [6, 6.07) is 0. The lowest BCUT2D eigenvalue weighted by molar-refractivity contribution is -0.119. The van der Waals surface area contributed by atoms with Crippen LogP contribution in [0.1, 0.15) is 46.5 Å². The Morgan fingerprint density at radius 2 is 2.12 bits per heavy atom. The molecule has 0 aromatic rings. The van der Waals surface area contributed by atoms with Gasteiger partial charge in [0.1, 0.15) is 5.78 Å². The van der Waals surface area contributed by atoms with Gasteiger partial charge in [-0.2, -0.15) is 0 Å². The molecule has 2 atom stereocenters. The molecule has 0 bridgehead atoms. The molecule has 0 heterocycles. The first-order chi connectivity index (χ1) is 7.35. The lowest BCUT2D eigenvalue weighted by Crippen LogP contribution is -2.44. The maximum Gasteiger partial charge on any atom is 0.131 e. The van der Waals surface area contributed by atoms with Gasteiger partial charge in [0.25, 0.3) is 0 Å². The molecule has 0 amide bonds. The first kappa shape index (κ1) is 13.7. The molecule has 1 aliphatic rings. The zero-order chi connectivity index (χ0) is 12.3. The van der Waals surface area contributed by atoms with Crippen LogP contribution in [-0.2, 0) is 9.53 Å². The largest absolute Gasteiger partial charge is 0.375 e. The van der Waals surface area contributed by atoms with E-state index in [0.29, 0.717) is 12.5 Å². The molecule has 1 rings (SSSR count). The second-order valence-corrected chi connectivity index (χ2v) is 5.55. The summed E-state index contributed by atoms with van der Waals surface area (Å²) >= 11 is 0. The molecule has 1 saturated carbocycles. The van der Waals surface area contributed by atoms with Gasteiger partial charge in [-0.25, -0.2) is 0 Å². The maximum atomic E-state index is 11.4. The maximum absolute atomic E-state index is 11.4. The van der Waals surface area contributed by atoms with E-state index < -0.39 is 0 Å².